The number of pyridine rings is 1. The zero-order valence-corrected chi connectivity index (χ0v) is 6.31. The number of hydrogen-bond acceptors (Lipinski definition) is 3. The Bertz CT molecular complexity index is 237. The fourth-order valence-electron chi connectivity index (χ4n) is 0.627. The van der Waals surface area contributed by atoms with Crippen LogP contribution >= 0.6 is 12.2 Å². The van der Waals surface area contributed by atoms with Gasteiger partial charge in [-0.05, 0) is 6.07 Å². The minimum absolute atomic E-state index is 0.664. The Labute approximate surface area is 64.9 Å². The van der Waals surface area contributed by atoms with Crippen molar-refractivity contribution in [3.05, 3.63) is 24.0 Å². The van der Waals surface area contributed by atoms with E-state index in [9.17, 15) is 0 Å². The summed E-state index contributed by atoms with van der Waals surface area (Å²) in [5.74, 6) is 0.664. The molecule has 0 spiro atoms. The molecule has 1 aromatic heterocycles. The first-order valence-electron chi connectivity index (χ1n) is 2.74. The van der Waals surface area contributed by atoms with Crippen LogP contribution in [0.1, 0.15) is 5.56 Å². The molecular weight excluding hydrogens is 146 g/mol. The summed E-state index contributed by atoms with van der Waals surface area (Å²) in [4.78, 5) is 3.85. The lowest BCUT2D eigenvalue weighted by molar-refractivity contribution is 0.412. The van der Waals surface area contributed by atoms with Crippen molar-refractivity contribution in [1.29, 1.82) is 0 Å². The van der Waals surface area contributed by atoms with Crippen LogP contribution < -0.4 is 4.74 Å². The normalized spacial score (nSPS) is 8.90. The van der Waals surface area contributed by atoms with Gasteiger partial charge < -0.3 is 4.74 Å². The van der Waals surface area contributed by atoms with Gasteiger partial charge in [0, 0.05) is 11.8 Å². The summed E-state index contributed by atoms with van der Waals surface area (Å²) in [7, 11) is 1.58. The van der Waals surface area contributed by atoms with E-state index in [1.807, 2.05) is 0 Å². The second kappa shape index (κ2) is 3.27. The molecule has 0 aliphatic rings. The fourth-order valence-corrected chi connectivity index (χ4v) is 0.796. The Hall–Kier alpha value is -0.960. The third-order valence-corrected chi connectivity index (χ3v) is 1.33. The highest BCUT2D eigenvalue weighted by Crippen LogP contribution is 2.12. The number of nitrogens with zero attached hydrogens (tertiary/aromatic N) is 1. The Kier molecular flexibility index (Phi) is 2.34. The molecule has 0 saturated heterocycles. The van der Waals surface area contributed by atoms with Crippen LogP contribution in [0.15, 0.2) is 18.5 Å². The van der Waals surface area contributed by atoms with Crippen molar-refractivity contribution in [3.63, 3.8) is 0 Å². The summed E-state index contributed by atoms with van der Waals surface area (Å²) >= 11 is 4.61. The van der Waals surface area contributed by atoms with Crippen LogP contribution in [0.5, 0.6) is 5.75 Å². The first kappa shape index (κ1) is 7.15. The van der Waals surface area contributed by atoms with Gasteiger partial charge in [0.2, 0.25) is 0 Å². The molecule has 51 valence electrons. The predicted octanol–water partition coefficient (Wildman–Crippen LogP) is 1.31. The van der Waals surface area contributed by atoms with Crippen molar-refractivity contribution in [3.8, 4) is 5.75 Å². The molecule has 0 unspecified atom stereocenters. The summed E-state index contributed by atoms with van der Waals surface area (Å²) in [6.45, 7) is 0. The lowest BCUT2D eigenvalue weighted by Gasteiger charge is -1.99. The fraction of sp³-hybridized carbons (Fsp3) is 0.143. The van der Waals surface area contributed by atoms with Gasteiger partial charge in [0.25, 0.3) is 0 Å². The molecule has 1 heterocycles. The third kappa shape index (κ3) is 1.30. The van der Waals surface area contributed by atoms with Gasteiger partial charge in [-0.2, -0.15) is 0 Å². The molecule has 0 amide bonds. The highest BCUT2D eigenvalue weighted by atomic mass is 32.1. The third-order valence-electron chi connectivity index (χ3n) is 1.11. The molecule has 0 aliphatic carbocycles. The van der Waals surface area contributed by atoms with Crippen molar-refractivity contribution >= 4 is 17.6 Å². The summed E-state index contributed by atoms with van der Waals surface area (Å²) < 4.78 is 4.94. The Morgan fingerprint density at radius 3 is 3.00 bits per heavy atom. The lowest BCUT2D eigenvalue weighted by atomic mass is 10.3. The zero-order valence-electron chi connectivity index (χ0n) is 5.50. The van der Waals surface area contributed by atoms with Crippen molar-refractivity contribution in [1.82, 2.24) is 4.98 Å². The quantitative estimate of drug-likeness (QED) is 0.596. The van der Waals surface area contributed by atoms with Crippen LogP contribution in [-0.4, -0.2) is 17.5 Å². The van der Waals surface area contributed by atoms with Crippen LogP contribution in [0.25, 0.3) is 0 Å². The molecular formula is C7H6NOS. The molecule has 0 atom stereocenters. The van der Waals surface area contributed by atoms with Crippen LogP contribution in [0.2, 0.25) is 0 Å². The maximum Gasteiger partial charge on any atom is 0.145 e. The van der Waals surface area contributed by atoms with Crippen LogP contribution in [0.3, 0.4) is 0 Å². The number of methoxy groups -OCH3 is 1. The molecule has 1 radical (unpaired) electrons. The Morgan fingerprint density at radius 1 is 1.70 bits per heavy atom. The van der Waals surface area contributed by atoms with Gasteiger partial charge in [-0.15, -0.1) is 0 Å². The summed E-state index contributed by atoms with van der Waals surface area (Å²) in [5, 5.41) is 2.56. The number of hydrogen-bond donors (Lipinski definition) is 0. The second-order valence-corrected chi connectivity index (χ2v) is 1.88. The number of ether oxygens (including phenoxy) is 1. The first-order chi connectivity index (χ1) is 4.88. The molecule has 0 aromatic carbocycles. The average molecular weight is 152 g/mol. The largest absolute Gasteiger partial charge is 0.494 e. The number of thiocarbonyl (C=S) groups is 1. The smallest absolute Gasteiger partial charge is 0.145 e. The van der Waals surface area contributed by atoms with Crippen molar-refractivity contribution in [2.75, 3.05) is 7.11 Å². The van der Waals surface area contributed by atoms with Gasteiger partial charge in [-0.25, -0.2) is 0 Å². The molecule has 0 saturated carbocycles. The van der Waals surface area contributed by atoms with Crippen molar-refractivity contribution in [2.24, 2.45) is 0 Å². The zero-order chi connectivity index (χ0) is 7.40. The molecule has 0 bridgehead atoms. The van der Waals surface area contributed by atoms with E-state index in [1.165, 1.54) is 0 Å². The van der Waals surface area contributed by atoms with E-state index in [4.69, 9.17) is 4.74 Å². The van der Waals surface area contributed by atoms with E-state index >= 15 is 0 Å². The minimum atomic E-state index is 0.664. The van der Waals surface area contributed by atoms with Gasteiger partial charge >= 0.3 is 0 Å². The average Bonchev–Trinajstić information content (AvgIpc) is 2.04. The lowest BCUT2D eigenvalue weighted by Crippen LogP contribution is -1.89. The summed E-state index contributed by atoms with van der Waals surface area (Å²) in [6.07, 6.45) is 3.26. The molecule has 2 nitrogen and oxygen atoms in total. The number of aromatic nitrogens is 1. The van der Waals surface area contributed by atoms with E-state index < -0.39 is 0 Å². The van der Waals surface area contributed by atoms with Gasteiger partial charge in [0.05, 0.1) is 18.7 Å². The van der Waals surface area contributed by atoms with Crippen LogP contribution in [-0.2, 0) is 0 Å². The monoisotopic (exact) mass is 152 g/mol. The van der Waals surface area contributed by atoms with E-state index in [-0.39, 0.29) is 0 Å². The number of rotatable bonds is 2. The summed E-state index contributed by atoms with van der Waals surface area (Å²) in [6, 6.07) is 1.76. The predicted molar refractivity (Wildman–Crippen MR) is 42.5 cm³/mol. The maximum absolute atomic E-state index is 4.94. The van der Waals surface area contributed by atoms with Gasteiger partial charge in [-0.3, -0.25) is 4.98 Å². The Morgan fingerprint density at radius 2 is 2.50 bits per heavy atom. The molecule has 0 aliphatic heterocycles. The van der Waals surface area contributed by atoms with E-state index in [2.05, 4.69) is 22.6 Å². The minimum Gasteiger partial charge on any atom is -0.494 e. The summed E-state index contributed by atoms with van der Waals surface area (Å²) in [5.41, 5.74) is 0.771. The standard InChI is InChI=1S/C7H6NOS/c1-9-7-4-8-3-2-6(7)5-10/h2-4H,1H3. The molecule has 3 heteroatoms. The molecule has 1 aromatic rings. The van der Waals surface area contributed by atoms with Gasteiger partial charge in [0.15, 0.2) is 0 Å². The molecule has 1 rings (SSSR count). The van der Waals surface area contributed by atoms with Crippen LogP contribution in [0.4, 0.5) is 0 Å². The van der Waals surface area contributed by atoms with E-state index in [0.29, 0.717) is 5.75 Å². The SMILES string of the molecule is COc1cnccc1[C]=S. The van der Waals surface area contributed by atoms with E-state index in [0.717, 1.165) is 5.56 Å². The topological polar surface area (TPSA) is 22.1 Å². The molecule has 10 heavy (non-hydrogen) atoms. The van der Waals surface area contributed by atoms with E-state index in [1.54, 1.807) is 25.6 Å². The van der Waals surface area contributed by atoms with Gasteiger partial charge in [-0.1, -0.05) is 12.2 Å². The maximum atomic E-state index is 4.94. The molecule has 0 fully saturated rings. The van der Waals surface area contributed by atoms with Crippen molar-refractivity contribution in [2.45, 2.75) is 0 Å². The van der Waals surface area contributed by atoms with Crippen molar-refractivity contribution < 1.29 is 4.74 Å². The second-order valence-electron chi connectivity index (χ2n) is 1.68. The first-order valence-corrected chi connectivity index (χ1v) is 3.15. The Balaban J connectivity index is 3.08. The van der Waals surface area contributed by atoms with Gasteiger partial charge in [0.1, 0.15) is 5.75 Å². The van der Waals surface area contributed by atoms with Crippen LogP contribution in [0, 0.1) is 0 Å². The molecule has 0 N–H and O–H groups in total. The highest BCUT2D eigenvalue weighted by Gasteiger charge is 1.96. The highest BCUT2D eigenvalue weighted by molar-refractivity contribution is 7.79.